The van der Waals surface area contributed by atoms with Gasteiger partial charge < -0.3 is 15.8 Å². The standard InChI is InChI=1S/C24H23FN6O2/c1-5-17-18(28-4)6-7-19(23(17)25)31-24-22-20(29-13-30-24)8-15(16(10-26)11-27-3)9-21(22)33-14(2)12-32/h5-14H,1,4,26H2,2-3H3,(H,29,30,31)/b16-10+,27-11?. The van der Waals surface area contributed by atoms with Crippen molar-refractivity contribution in [1.29, 1.82) is 0 Å². The van der Waals surface area contributed by atoms with Gasteiger partial charge in [-0.2, -0.15) is 0 Å². The fraction of sp³-hybridized carbons (Fsp3) is 0.125. The summed E-state index contributed by atoms with van der Waals surface area (Å²) in [5.74, 6) is 0.0487. The molecular weight excluding hydrogens is 423 g/mol. The third-order valence-electron chi connectivity index (χ3n) is 4.77. The number of nitrogens with zero attached hydrogens (tertiary/aromatic N) is 4. The molecule has 0 saturated heterocycles. The molecule has 1 aromatic heterocycles. The molecule has 1 unspecified atom stereocenters. The molecule has 0 aliphatic heterocycles. The normalized spacial score (nSPS) is 12.5. The molecule has 0 amide bonds. The molecule has 168 valence electrons. The fourth-order valence-corrected chi connectivity index (χ4v) is 3.23. The SMILES string of the molecule is C=Cc1c(N=C)ccc(Nc2ncnc3cc(/C(C=NC)=C/N)cc(OC(C)C=O)c23)c1F. The zero-order valence-electron chi connectivity index (χ0n) is 18.2. The van der Waals surface area contributed by atoms with Gasteiger partial charge in [0.15, 0.2) is 18.2 Å². The number of rotatable bonds is 9. The van der Waals surface area contributed by atoms with Gasteiger partial charge in [0.25, 0.3) is 0 Å². The number of anilines is 2. The molecule has 3 rings (SSSR count). The van der Waals surface area contributed by atoms with Crippen LogP contribution < -0.4 is 15.8 Å². The van der Waals surface area contributed by atoms with Gasteiger partial charge in [-0.15, -0.1) is 0 Å². The van der Waals surface area contributed by atoms with Crippen LogP contribution in [0.15, 0.2) is 53.4 Å². The predicted molar refractivity (Wildman–Crippen MR) is 131 cm³/mol. The highest BCUT2D eigenvalue weighted by atomic mass is 19.1. The average molecular weight is 446 g/mol. The third kappa shape index (κ3) is 4.77. The highest BCUT2D eigenvalue weighted by Crippen LogP contribution is 2.36. The Balaban J connectivity index is 2.22. The first kappa shape index (κ1) is 23.3. The van der Waals surface area contributed by atoms with Crippen LogP contribution in [0.3, 0.4) is 0 Å². The molecule has 1 atom stereocenters. The molecule has 1 heterocycles. The molecule has 9 heteroatoms. The van der Waals surface area contributed by atoms with Gasteiger partial charge in [-0.05, 0) is 43.5 Å². The number of fused-ring (bicyclic) bond motifs is 1. The van der Waals surface area contributed by atoms with Crippen LogP contribution in [0, 0.1) is 5.82 Å². The van der Waals surface area contributed by atoms with E-state index < -0.39 is 11.9 Å². The first-order chi connectivity index (χ1) is 16.0. The first-order valence-electron chi connectivity index (χ1n) is 9.91. The summed E-state index contributed by atoms with van der Waals surface area (Å²) in [6.07, 6.45) is 5.63. The quantitative estimate of drug-likeness (QED) is 0.371. The van der Waals surface area contributed by atoms with Crippen LogP contribution in [0.4, 0.5) is 21.6 Å². The number of allylic oxidation sites excluding steroid dienone is 1. The van der Waals surface area contributed by atoms with Crippen molar-refractivity contribution in [3.8, 4) is 5.75 Å². The van der Waals surface area contributed by atoms with Crippen molar-refractivity contribution in [2.75, 3.05) is 12.4 Å². The Labute approximate surface area is 190 Å². The minimum absolute atomic E-state index is 0.149. The van der Waals surface area contributed by atoms with Crippen LogP contribution in [0.2, 0.25) is 0 Å². The summed E-state index contributed by atoms with van der Waals surface area (Å²) >= 11 is 0. The number of nitrogens with two attached hydrogens (primary N) is 1. The minimum Gasteiger partial charge on any atom is -0.482 e. The highest BCUT2D eigenvalue weighted by Gasteiger charge is 2.18. The lowest BCUT2D eigenvalue weighted by Crippen LogP contribution is -2.14. The van der Waals surface area contributed by atoms with Crippen molar-refractivity contribution in [3.05, 3.63) is 60.3 Å². The second-order valence-electron chi connectivity index (χ2n) is 6.91. The summed E-state index contributed by atoms with van der Waals surface area (Å²) in [4.78, 5) is 27.7. The smallest absolute Gasteiger partial charge is 0.160 e. The first-order valence-corrected chi connectivity index (χ1v) is 9.91. The van der Waals surface area contributed by atoms with E-state index in [4.69, 9.17) is 10.5 Å². The molecule has 2 aromatic carbocycles. The second kappa shape index (κ2) is 10.3. The Morgan fingerprint density at radius 3 is 2.76 bits per heavy atom. The van der Waals surface area contributed by atoms with E-state index in [9.17, 15) is 4.79 Å². The number of aldehydes is 1. The second-order valence-corrected chi connectivity index (χ2v) is 6.91. The van der Waals surface area contributed by atoms with Gasteiger partial charge in [0.2, 0.25) is 0 Å². The van der Waals surface area contributed by atoms with Crippen molar-refractivity contribution < 1.29 is 13.9 Å². The number of ether oxygens (including phenoxy) is 1. The number of aromatic nitrogens is 2. The summed E-state index contributed by atoms with van der Waals surface area (Å²) in [7, 11) is 1.62. The van der Waals surface area contributed by atoms with E-state index in [1.54, 1.807) is 38.4 Å². The maximum absolute atomic E-state index is 15.1. The number of nitrogens with one attached hydrogen (secondary N) is 1. The number of benzene rings is 2. The van der Waals surface area contributed by atoms with Crippen molar-refractivity contribution in [2.45, 2.75) is 13.0 Å². The zero-order valence-corrected chi connectivity index (χ0v) is 18.2. The van der Waals surface area contributed by atoms with E-state index in [1.807, 2.05) is 0 Å². The number of hydrogen-bond donors (Lipinski definition) is 2. The Morgan fingerprint density at radius 1 is 1.33 bits per heavy atom. The van der Waals surface area contributed by atoms with Crippen LogP contribution in [0.25, 0.3) is 22.6 Å². The molecule has 0 radical (unpaired) electrons. The molecule has 0 saturated carbocycles. The number of carbonyl (C=O) groups is 1. The van der Waals surface area contributed by atoms with Crippen molar-refractivity contribution in [1.82, 2.24) is 9.97 Å². The van der Waals surface area contributed by atoms with Gasteiger partial charge in [-0.1, -0.05) is 12.7 Å². The number of hydrogen-bond acceptors (Lipinski definition) is 8. The summed E-state index contributed by atoms with van der Waals surface area (Å²) < 4.78 is 20.9. The van der Waals surface area contributed by atoms with Gasteiger partial charge in [0.05, 0.1) is 22.3 Å². The topological polar surface area (TPSA) is 115 Å². The number of halogens is 1. The Bertz CT molecular complexity index is 1290. The van der Waals surface area contributed by atoms with Gasteiger partial charge >= 0.3 is 0 Å². The van der Waals surface area contributed by atoms with Crippen molar-refractivity contribution >= 4 is 59.0 Å². The summed E-state index contributed by atoms with van der Waals surface area (Å²) in [6, 6.07) is 6.62. The van der Waals surface area contributed by atoms with Crippen LogP contribution in [-0.2, 0) is 4.79 Å². The summed E-state index contributed by atoms with van der Waals surface area (Å²) in [5.41, 5.74) is 8.28. The minimum atomic E-state index is -0.747. The zero-order chi connectivity index (χ0) is 24.0. The number of carbonyl (C=O) groups excluding carboxylic acids is 1. The lowest BCUT2D eigenvalue weighted by molar-refractivity contribution is -0.113. The number of aliphatic imine (C=N–C) groups is 2. The molecule has 3 aromatic rings. The van der Waals surface area contributed by atoms with E-state index >= 15 is 4.39 Å². The molecule has 0 aliphatic carbocycles. The molecule has 33 heavy (non-hydrogen) atoms. The van der Waals surface area contributed by atoms with E-state index in [0.717, 1.165) is 0 Å². The lowest BCUT2D eigenvalue weighted by atomic mass is 10.0. The Morgan fingerprint density at radius 2 is 2.12 bits per heavy atom. The Kier molecular flexibility index (Phi) is 7.24. The van der Waals surface area contributed by atoms with Gasteiger partial charge in [0, 0.05) is 30.6 Å². The van der Waals surface area contributed by atoms with Crippen molar-refractivity contribution in [3.63, 3.8) is 0 Å². The molecule has 3 N–H and O–H groups in total. The maximum atomic E-state index is 15.1. The summed E-state index contributed by atoms with van der Waals surface area (Å²) in [6.45, 7) is 8.70. The average Bonchev–Trinajstić information content (AvgIpc) is 2.83. The largest absolute Gasteiger partial charge is 0.482 e. The van der Waals surface area contributed by atoms with E-state index in [2.05, 4.69) is 38.6 Å². The molecule has 0 aliphatic rings. The Hall–Kier alpha value is -4.40. The van der Waals surface area contributed by atoms with E-state index in [0.29, 0.717) is 39.8 Å². The highest BCUT2D eigenvalue weighted by molar-refractivity contribution is 6.11. The lowest BCUT2D eigenvalue weighted by Gasteiger charge is -2.17. The maximum Gasteiger partial charge on any atom is 0.160 e. The van der Waals surface area contributed by atoms with Gasteiger partial charge in [-0.3, -0.25) is 14.8 Å². The molecule has 0 fully saturated rings. The predicted octanol–water partition coefficient (Wildman–Crippen LogP) is 4.45. The van der Waals surface area contributed by atoms with Crippen LogP contribution in [-0.4, -0.2) is 42.3 Å². The fourth-order valence-electron chi connectivity index (χ4n) is 3.23. The van der Waals surface area contributed by atoms with E-state index in [-0.39, 0.29) is 17.1 Å². The molecule has 0 spiro atoms. The third-order valence-corrected chi connectivity index (χ3v) is 4.77. The molecule has 0 bridgehead atoms. The van der Waals surface area contributed by atoms with E-state index in [1.165, 1.54) is 24.7 Å². The monoisotopic (exact) mass is 446 g/mol. The van der Waals surface area contributed by atoms with Crippen LogP contribution in [0.1, 0.15) is 18.1 Å². The van der Waals surface area contributed by atoms with Gasteiger partial charge in [0.1, 0.15) is 17.9 Å². The molecular formula is C24H23FN6O2. The van der Waals surface area contributed by atoms with Crippen LogP contribution >= 0.6 is 0 Å². The summed E-state index contributed by atoms with van der Waals surface area (Å²) in [5, 5.41) is 3.45. The van der Waals surface area contributed by atoms with Gasteiger partial charge in [-0.25, -0.2) is 14.4 Å². The molecule has 8 nitrogen and oxygen atoms in total. The van der Waals surface area contributed by atoms with Crippen molar-refractivity contribution in [2.24, 2.45) is 15.7 Å². The van der Waals surface area contributed by atoms with Crippen LogP contribution in [0.5, 0.6) is 5.75 Å².